The molecule has 1 aromatic rings. The molecule has 3 heteroatoms. The van der Waals surface area contributed by atoms with Gasteiger partial charge in [0.2, 0.25) is 5.91 Å². The molecule has 3 nitrogen and oxygen atoms in total. The van der Waals surface area contributed by atoms with E-state index in [4.69, 9.17) is 0 Å². The fourth-order valence-corrected chi connectivity index (χ4v) is 2.51. The number of hydrogen-bond acceptors (Lipinski definition) is 2. The second-order valence-electron chi connectivity index (χ2n) is 5.33. The molecule has 0 aliphatic carbocycles. The van der Waals surface area contributed by atoms with Gasteiger partial charge < -0.3 is 10.6 Å². The van der Waals surface area contributed by atoms with Crippen LogP contribution in [0.1, 0.15) is 50.3 Å². The molecule has 0 radical (unpaired) electrons. The first-order valence-corrected chi connectivity index (χ1v) is 7.33. The SMILES string of the molecule is CCc1ccc(C(C)NC(=O)C2CCCCN2)cc1. The quantitative estimate of drug-likeness (QED) is 0.873. The molecular formula is C16H24N2O. The lowest BCUT2D eigenvalue weighted by Crippen LogP contribution is -2.47. The van der Waals surface area contributed by atoms with Crippen LogP contribution in [0.25, 0.3) is 0 Å². The minimum atomic E-state index is -0.00823. The Morgan fingerprint density at radius 3 is 2.68 bits per heavy atom. The Balaban J connectivity index is 1.91. The van der Waals surface area contributed by atoms with Crippen molar-refractivity contribution in [2.24, 2.45) is 0 Å². The van der Waals surface area contributed by atoms with Crippen LogP contribution in [0.5, 0.6) is 0 Å². The van der Waals surface area contributed by atoms with Crippen LogP contribution in [0.15, 0.2) is 24.3 Å². The molecule has 0 saturated carbocycles. The number of aryl methyl sites for hydroxylation is 1. The predicted molar refractivity (Wildman–Crippen MR) is 78.0 cm³/mol. The zero-order valence-corrected chi connectivity index (χ0v) is 11.9. The van der Waals surface area contributed by atoms with Crippen LogP contribution in [0.2, 0.25) is 0 Å². The first-order valence-electron chi connectivity index (χ1n) is 7.33. The Bertz CT molecular complexity index is 407. The van der Waals surface area contributed by atoms with Gasteiger partial charge in [-0.2, -0.15) is 0 Å². The Morgan fingerprint density at radius 1 is 1.37 bits per heavy atom. The van der Waals surface area contributed by atoms with Crippen molar-refractivity contribution in [3.8, 4) is 0 Å². The van der Waals surface area contributed by atoms with Gasteiger partial charge in [0.1, 0.15) is 0 Å². The van der Waals surface area contributed by atoms with E-state index < -0.39 is 0 Å². The van der Waals surface area contributed by atoms with E-state index in [-0.39, 0.29) is 18.0 Å². The highest BCUT2D eigenvalue weighted by molar-refractivity contribution is 5.82. The lowest BCUT2D eigenvalue weighted by molar-refractivity contribution is -0.124. The van der Waals surface area contributed by atoms with E-state index >= 15 is 0 Å². The molecule has 1 heterocycles. The molecule has 2 unspecified atom stereocenters. The van der Waals surface area contributed by atoms with Gasteiger partial charge in [-0.3, -0.25) is 4.79 Å². The second kappa shape index (κ2) is 6.71. The van der Waals surface area contributed by atoms with E-state index in [2.05, 4.69) is 41.8 Å². The first-order chi connectivity index (χ1) is 9.20. The minimum Gasteiger partial charge on any atom is -0.348 e. The summed E-state index contributed by atoms with van der Waals surface area (Å²) in [5, 5.41) is 6.38. The van der Waals surface area contributed by atoms with Gasteiger partial charge in [-0.25, -0.2) is 0 Å². The van der Waals surface area contributed by atoms with Gasteiger partial charge in [-0.1, -0.05) is 37.6 Å². The second-order valence-corrected chi connectivity index (χ2v) is 5.33. The van der Waals surface area contributed by atoms with E-state index in [1.165, 1.54) is 17.5 Å². The van der Waals surface area contributed by atoms with E-state index in [1.807, 2.05) is 6.92 Å². The Kier molecular flexibility index (Phi) is 4.97. The van der Waals surface area contributed by atoms with Crippen LogP contribution in [-0.4, -0.2) is 18.5 Å². The number of amides is 1. The molecule has 2 N–H and O–H groups in total. The van der Waals surface area contributed by atoms with Gasteiger partial charge in [-0.15, -0.1) is 0 Å². The fourth-order valence-electron chi connectivity index (χ4n) is 2.51. The third-order valence-electron chi connectivity index (χ3n) is 3.87. The smallest absolute Gasteiger partial charge is 0.237 e. The van der Waals surface area contributed by atoms with E-state index in [0.29, 0.717) is 0 Å². The zero-order chi connectivity index (χ0) is 13.7. The zero-order valence-electron chi connectivity index (χ0n) is 11.9. The Labute approximate surface area is 115 Å². The van der Waals surface area contributed by atoms with Gasteiger partial charge in [0.05, 0.1) is 12.1 Å². The molecule has 19 heavy (non-hydrogen) atoms. The van der Waals surface area contributed by atoms with Crippen molar-refractivity contribution < 1.29 is 4.79 Å². The summed E-state index contributed by atoms with van der Waals surface area (Å²) in [5.41, 5.74) is 2.50. The number of nitrogens with one attached hydrogen (secondary N) is 2. The summed E-state index contributed by atoms with van der Waals surface area (Å²) < 4.78 is 0. The summed E-state index contributed by atoms with van der Waals surface area (Å²) in [6.07, 6.45) is 4.32. The van der Waals surface area contributed by atoms with Crippen molar-refractivity contribution in [2.45, 2.75) is 51.6 Å². The van der Waals surface area contributed by atoms with Crippen molar-refractivity contribution >= 4 is 5.91 Å². The third kappa shape index (κ3) is 3.80. The number of carbonyl (C=O) groups is 1. The molecule has 2 rings (SSSR count). The summed E-state index contributed by atoms with van der Waals surface area (Å²) in [4.78, 5) is 12.1. The number of rotatable bonds is 4. The van der Waals surface area contributed by atoms with Gasteiger partial charge in [-0.05, 0) is 43.9 Å². The molecule has 104 valence electrons. The number of benzene rings is 1. The molecule has 1 amide bonds. The normalized spacial score (nSPS) is 20.8. The summed E-state index contributed by atoms with van der Waals surface area (Å²) in [5.74, 6) is 0.131. The molecule has 0 aromatic heterocycles. The maximum Gasteiger partial charge on any atom is 0.237 e. The lowest BCUT2D eigenvalue weighted by atomic mass is 10.0. The van der Waals surface area contributed by atoms with E-state index in [1.54, 1.807) is 0 Å². The highest BCUT2D eigenvalue weighted by Gasteiger charge is 2.21. The topological polar surface area (TPSA) is 41.1 Å². The average molecular weight is 260 g/mol. The molecule has 1 saturated heterocycles. The highest BCUT2D eigenvalue weighted by Crippen LogP contribution is 2.15. The van der Waals surface area contributed by atoms with Crippen molar-refractivity contribution in [3.05, 3.63) is 35.4 Å². The van der Waals surface area contributed by atoms with Crippen LogP contribution in [0.3, 0.4) is 0 Å². The van der Waals surface area contributed by atoms with Gasteiger partial charge in [0, 0.05) is 0 Å². The summed E-state index contributed by atoms with van der Waals surface area (Å²) in [6, 6.07) is 8.55. The van der Waals surface area contributed by atoms with Gasteiger partial charge in [0.15, 0.2) is 0 Å². The first kappa shape index (κ1) is 14.1. The van der Waals surface area contributed by atoms with Crippen molar-refractivity contribution in [2.75, 3.05) is 6.54 Å². The van der Waals surface area contributed by atoms with Crippen LogP contribution in [0.4, 0.5) is 0 Å². The van der Waals surface area contributed by atoms with Crippen LogP contribution >= 0.6 is 0 Å². The van der Waals surface area contributed by atoms with E-state index in [9.17, 15) is 4.79 Å². The molecule has 1 aromatic carbocycles. The third-order valence-corrected chi connectivity index (χ3v) is 3.87. The standard InChI is InChI=1S/C16H24N2O/c1-3-13-7-9-14(10-8-13)12(2)18-16(19)15-6-4-5-11-17-15/h7-10,12,15,17H,3-6,11H2,1-2H3,(H,18,19). The maximum absolute atomic E-state index is 12.1. The monoisotopic (exact) mass is 260 g/mol. The molecule has 1 fully saturated rings. The number of hydrogen-bond donors (Lipinski definition) is 2. The van der Waals surface area contributed by atoms with Gasteiger partial charge in [0.25, 0.3) is 0 Å². The maximum atomic E-state index is 12.1. The lowest BCUT2D eigenvalue weighted by Gasteiger charge is -2.24. The molecule has 1 aliphatic rings. The largest absolute Gasteiger partial charge is 0.348 e. The van der Waals surface area contributed by atoms with Crippen molar-refractivity contribution in [1.82, 2.24) is 10.6 Å². The summed E-state index contributed by atoms with van der Waals surface area (Å²) in [6.45, 7) is 5.15. The minimum absolute atomic E-state index is 0.00823. The fraction of sp³-hybridized carbons (Fsp3) is 0.562. The molecule has 2 atom stereocenters. The number of carbonyl (C=O) groups excluding carboxylic acids is 1. The van der Waals surface area contributed by atoms with E-state index in [0.717, 1.165) is 25.8 Å². The Morgan fingerprint density at radius 2 is 2.11 bits per heavy atom. The van der Waals surface area contributed by atoms with Crippen LogP contribution in [0, 0.1) is 0 Å². The van der Waals surface area contributed by atoms with Crippen LogP contribution in [-0.2, 0) is 11.2 Å². The molecule has 1 aliphatic heterocycles. The average Bonchev–Trinajstić information content (AvgIpc) is 2.48. The predicted octanol–water partition coefficient (Wildman–Crippen LogP) is 2.57. The molecule has 0 spiro atoms. The summed E-state index contributed by atoms with van der Waals surface area (Å²) in [7, 11) is 0. The number of piperidine rings is 1. The molecular weight excluding hydrogens is 236 g/mol. The van der Waals surface area contributed by atoms with Crippen molar-refractivity contribution in [3.63, 3.8) is 0 Å². The Hall–Kier alpha value is -1.35. The van der Waals surface area contributed by atoms with Gasteiger partial charge >= 0.3 is 0 Å². The van der Waals surface area contributed by atoms with Crippen molar-refractivity contribution in [1.29, 1.82) is 0 Å². The highest BCUT2D eigenvalue weighted by atomic mass is 16.2. The molecule has 0 bridgehead atoms. The summed E-state index contributed by atoms with van der Waals surface area (Å²) >= 11 is 0. The van der Waals surface area contributed by atoms with Crippen LogP contribution < -0.4 is 10.6 Å².